The van der Waals surface area contributed by atoms with E-state index in [4.69, 9.17) is 17.3 Å². The number of nitrogens with two attached hydrogens (primary N) is 1. The van der Waals surface area contributed by atoms with Crippen LogP contribution in [-0.4, -0.2) is 26.7 Å². The van der Waals surface area contributed by atoms with E-state index in [9.17, 15) is 22.8 Å². The standard InChI is InChI=1S/C25H20ClF3N6O2/c1-2-35-13-18(22(34-35)14-10-11-31-20(12-14)23(30)36)17-4-3-5-19(21(17)26)33-24(37)32-16-8-6-15(7-9-16)25(27,28)29/h3-13H,2H2,1H3,(H2,30,36)(H2,32,33,37). The fourth-order valence-corrected chi connectivity index (χ4v) is 3.85. The van der Waals surface area contributed by atoms with Crippen molar-refractivity contribution in [3.8, 4) is 22.4 Å². The first-order valence-corrected chi connectivity index (χ1v) is 11.3. The molecule has 2 aromatic carbocycles. The van der Waals surface area contributed by atoms with Gasteiger partial charge >= 0.3 is 12.2 Å². The predicted octanol–water partition coefficient (Wildman–Crippen LogP) is 6.05. The maximum absolute atomic E-state index is 12.8. The number of alkyl halides is 3. The number of aryl methyl sites for hydroxylation is 1. The molecule has 12 heteroatoms. The highest BCUT2D eigenvalue weighted by molar-refractivity contribution is 6.36. The first-order valence-electron chi connectivity index (χ1n) is 10.9. The number of hydrogen-bond acceptors (Lipinski definition) is 4. The Balaban J connectivity index is 1.62. The van der Waals surface area contributed by atoms with Gasteiger partial charge < -0.3 is 16.4 Å². The van der Waals surface area contributed by atoms with Crippen molar-refractivity contribution < 1.29 is 22.8 Å². The quantitative estimate of drug-likeness (QED) is 0.283. The summed E-state index contributed by atoms with van der Waals surface area (Å²) in [6.07, 6.45) is -1.24. The first kappa shape index (κ1) is 25.7. The van der Waals surface area contributed by atoms with Gasteiger partial charge in [-0.15, -0.1) is 0 Å². The zero-order valence-electron chi connectivity index (χ0n) is 19.3. The number of hydrogen-bond donors (Lipinski definition) is 3. The molecule has 3 amide bonds. The van der Waals surface area contributed by atoms with E-state index in [1.165, 1.54) is 12.3 Å². The minimum absolute atomic E-state index is 0.0796. The Morgan fingerprint density at radius 3 is 2.43 bits per heavy atom. The summed E-state index contributed by atoms with van der Waals surface area (Å²) in [7, 11) is 0. The number of nitrogens with one attached hydrogen (secondary N) is 2. The second kappa shape index (κ2) is 10.3. The molecule has 0 aliphatic carbocycles. The molecule has 0 radical (unpaired) electrons. The minimum Gasteiger partial charge on any atom is -0.364 e. The Bertz CT molecular complexity index is 1470. The van der Waals surface area contributed by atoms with E-state index in [1.54, 1.807) is 35.1 Å². The highest BCUT2D eigenvalue weighted by atomic mass is 35.5. The number of carbonyl (C=O) groups is 2. The third-order valence-electron chi connectivity index (χ3n) is 5.38. The van der Waals surface area contributed by atoms with Gasteiger partial charge in [0.2, 0.25) is 0 Å². The van der Waals surface area contributed by atoms with E-state index in [2.05, 4.69) is 20.7 Å². The summed E-state index contributed by atoms with van der Waals surface area (Å²) in [6.45, 7) is 2.47. The third-order valence-corrected chi connectivity index (χ3v) is 5.79. The van der Waals surface area contributed by atoms with Gasteiger partial charge in [0.25, 0.3) is 5.91 Å². The molecule has 4 aromatic rings. The number of rotatable bonds is 6. The Morgan fingerprint density at radius 1 is 1.05 bits per heavy atom. The molecule has 4 rings (SSSR count). The summed E-state index contributed by atoms with van der Waals surface area (Å²) in [4.78, 5) is 28.1. The molecule has 0 aliphatic heterocycles. The molecule has 0 unspecified atom stereocenters. The molecule has 2 heterocycles. The van der Waals surface area contributed by atoms with E-state index >= 15 is 0 Å². The van der Waals surface area contributed by atoms with Crippen molar-refractivity contribution in [2.24, 2.45) is 5.73 Å². The summed E-state index contributed by atoms with van der Waals surface area (Å²) in [5, 5.41) is 9.89. The maximum atomic E-state index is 12.8. The Hall–Kier alpha value is -4.38. The van der Waals surface area contributed by atoms with Crippen molar-refractivity contribution in [3.05, 3.63) is 83.3 Å². The van der Waals surface area contributed by atoms with Crippen LogP contribution in [0.3, 0.4) is 0 Å². The monoisotopic (exact) mass is 528 g/mol. The fraction of sp³-hybridized carbons (Fsp3) is 0.120. The molecule has 4 N–H and O–H groups in total. The van der Waals surface area contributed by atoms with Crippen molar-refractivity contribution in [1.29, 1.82) is 0 Å². The molecule has 0 aliphatic rings. The molecule has 0 saturated heterocycles. The van der Waals surface area contributed by atoms with Crippen LogP contribution in [0.4, 0.5) is 29.3 Å². The number of amides is 3. The van der Waals surface area contributed by atoms with Crippen LogP contribution in [0.2, 0.25) is 5.02 Å². The van der Waals surface area contributed by atoms with Gasteiger partial charge in [-0.1, -0.05) is 23.7 Å². The second-order valence-corrected chi connectivity index (χ2v) is 8.24. The smallest absolute Gasteiger partial charge is 0.364 e. The van der Waals surface area contributed by atoms with Crippen molar-refractivity contribution in [2.75, 3.05) is 10.6 Å². The molecule has 37 heavy (non-hydrogen) atoms. The molecular weight excluding hydrogens is 509 g/mol. The van der Waals surface area contributed by atoms with Gasteiger partial charge in [-0.05, 0) is 49.4 Å². The summed E-state index contributed by atoms with van der Waals surface area (Å²) in [6, 6.07) is 11.6. The molecule has 190 valence electrons. The lowest BCUT2D eigenvalue weighted by atomic mass is 10.0. The molecule has 0 bridgehead atoms. The number of anilines is 2. The predicted molar refractivity (Wildman–Crippen MR) is 134 cm³/mol. The van der Waals surface area contributed by atoms with E-state index in [-0.39, 0.29) is 22.1 Å². The molecule has 8 nitrogen and oxygen atoms in total. The van der Waals surface area contributed by atoms with Crippen LogP contribution in [0.1, 0.15) is 23.0 Å². The molecular formula is C25H20ClF3N6O2. The van der Waals surface area contributed by atoms with E-state index in [0.29, 0.717) is 28.9 Å². The van der Waals surface area contributed by atoms with Crippen molar-refractivity contribution in [3.63, 3.8) is 0 Å². The lowest BCUT2D eigenvalue weighted by molar-refractivity contribution is -0.137. The average molecular weight is 529 g/mol. The zero-order valence-corrected chi connectivity index (χ0v) is 20.1. The minimum atomic E-state index is -4.48. The van der Waals surface area contributed by atoms with Crippen LogP contribution in [0.25, 0.3) is 22.4 Å². The van der Waals surface area contributed by atoms with Gasteiger partial charge in [0.05, 0.1) is 16.3 Å². The van der Waals surface area contributed by atoms with Crippen molar-refractivity contribution >= 4 is 34.9 Å². The highest BCUT2D eigenvalue weighted by Crippen LogP contribution is 2.39. The third kappa shape index (κ3) is 5.72. The number of halogens is 4. The van der Waals surface area contributed by atoms with Gasteiger partial charge in [0.15, 0.2) is 0 Å². The topological polar surface area (TPSA) is 115 Å². The van der Waals surface area contributed by atoms with Crippen molar-refractivity contribution in [2.45, 2.75) is 19.6 Å². The van der Waals surface area contributed by atoms with Crippen LogP contribution < -0.4 is 16.4 Å². The SMILES string of the molecule is CCn1cc(-c2cccc(NC(=O)Nc3ccc(C(F)(F)F)cc3)c2Cl)c(-c2ccnc(C(N)=O)c2)n1. The number of pyridine rings is 1. The van der Waals surface area contributed by atoms with Crippen LogP contribution in [0, 0.1) is 0 Å². The summed E-state index contributed by atoms with van der Waals surface area (Å²) >= 11 is 6.66. The molecule has 0 spiro atoms. The Morgan fingerprint density at radius 2 is 1.78 bits per heavy atom. The van der Waals surface area contributed by atoms with E-state index in [1.807, 2.05) is 6.92 Å². The van der Waals surface area contributed by atoms with Crippen LogP contribution in [0.15, 0.2) is 67.0 Å². The number of nitrogens with zero attached hydrogens (tertiary/aromatic N) is 3. The van der Waals surface area contributed by atoms with Crippen LogP contribution in [-0.2, 0) is 12.7 Å². The van der Waals surface area contributed by atoms with Gasteiger partial charge in [0, 0.05) is 41.3 Å². The van der Waals surface area contributed by atoms with Gasteiger partial charge in [-0.2, -0.15) is 18.3 Å². The molecule has 0 fully saturated rings. The maximum Gasteiger partial charge on any atom is 0.416 e. The number of benzene rings is 2. The Kier molecular flexibility index (Phi) is 7.16. The molecule has 0 atom stereocenters. The first-order chi connectivity index (χ1) is 17.6. The van der Waals surface area contributed by atoms with Gasteiger partial charge in [0.1, 0.15) is 11.4 Å². The summed E-state index contributed by atoms with van der Waals surface area (Å²) in [5.74, 6) is -0.679. The van der Waals surface area contributed by atoms with Crippen LogP contribution in [0.5, 0.6) is 0 Å². The van der Waals surface area contributed by atoms with E-state index in [0.717, 1.165) is 24.3 Å². The lowest BCUT2D eigenvalue weighted by Gasteiger charge is -2.13. The summed E-state index contributed by atoms with van der Waals surface area (Å²) in [5.41, 5.74) is 7.39. The van der Waals surface area contributed by atoms with Crippen molar-refractivity contribution in [1.82, 2.24) is 14.8 Å². The second-order valence-electron chi connectivity index (χ2n) is 7.86. The largest absolute Gasteiger partial charge is 0.416 e. The normalized spacial score (nSPS) is 11.3. The molecule has 0 saturated carbocycles. The summed E-state index contributed by atoms with van der Waals surface area (Å²) < 4.78 is 40.0. The number of urea groups is 1. The molecule has 2 aromatic heterocycles. The lowest BCUT2D eigenvalue weighted by Crippen LogP contribution is -2.19. The number of primary amides is 1. The van der Waals surface area contributed by atoms with Gasteiger partial charge in [-0.3, -0.25) is 14.5 Å². The Labute approximate surface area is 214 Å². The average Bonchev–Trinajstić information content (AvgIpc) is 3.29. The highest BCUT2D eigenvalue weighted by Gasteiger charge is 2.30. The fourth-order valence-electron chi connectivity index (χ4n) is 3.57. The van der Waals surface area contributed by atoms with E-state index < -0.39 is 23.7 Å². The van der Waals surface area contributed by atoms with Gasteiger partial charge in [-0.25, -0.2) is 4.79 Å². The number of carbonyl (C=O) groups excluding carboxylic acids is 2. The number of aromatic nitrogens is 3. The van der Waals surface area contributed by atoms with Crippen LogP contribution >= 0.6 is 11.6 Å². The zero-order chi connectivity index (χ0) is 26.7.